The SMILES string of the molecule is CC1c2ccccc2CCN1C[C@@H]1CO1. The molecule has 1 aromatic carbocycles. The maximum Gasteiger partial charge on any atom is 0.0936 e. The van der Waals surface area contributed by atoms with Crippen LogP contribution in [0.3, 0.4) is 0 Å². The summed E-state index contributed by atoms with van der Waals surface area (Å²) in [5, 5.41) is 0. The van der Waals surface area contributed by atoms with Gasteiger partial charge >= 0.3 is 0 Å². The molecule has 1 saturated heterocycles. The van der Waals surface area contributed by atoms with Gasteiger partial charge in [-0.25, -0.2) is 0 Å². The topological polar surface area (TPSA) is 15.8 Å². The minimum atomic E-state index is 0.512. The molecule has 0 N–H and O–H groups in total. The Bertz CT molecular complexity index is 359. The Labute approximate surface area is 90.8 Å². The molecule has 0 amide bonds. The lowest BCUT2D eigenvalue weighted by atomic mass is 9.93. The molecule has 1 aromatic rings. The van der Waals surface area contributed by atoms with Crippen LogP contribution in [-0.2, 0) is 11.2 Å². The van der Waals surface area contributed by atoms with Gasteiger partial charge in [0.15, 0.2) is 0 Å². The van der Waals surface area contributed by atoms with E-state index in [0.29, 0.717) is 12.1 Å². The van der Waals surface area contributed by atoms with Gasteiger partial charge in [0.1, 0.15) is 0 Å². The zero-order chi connectivity index (χ0) is 10.3. The van der Waals surface area contributed by atoms with Crippen LogP contribution in [0.25, 0.3) is 0 Å². The molecule has 2 heterocycles. The summed E-state index contributed by atoms with van der Waals surface area (Å²) in [6.45, 7) is 5.55. The predicted molar refractivity (Wildman–Crippen MR) is 59.9 cm³/mol. The summed E-state index contributed by atoms with van der Waals surface area (Å²) in [4.78, 5) is 2.54. The molecule has 0 radical (unpaired) electrons. The van der Waals surface area contributed by atoms with Crippen molar-refractivity contribution in [3.8, 4) is 0 Å². The Morgan fingerprint density at radius 1 is 1.40 bits per heavy atom. The van der Waals surface area contributed by atoms with Gasteiger partial charge in [0.05, 0.1) is 12.7 Å². The van der Waals surface area contributed by atoms with Crippen LogP contribution in [0.1, 0.15) is 24.1 Å². The minimum Gasteiger partial charge on any atom is -0.372 e. The molecule has 0 bridgehead atoms. The van der Waals surface area contributed by atoms with Crippen LogP contribution in [0, 0.1) is 0 Å². The summed E-state index contributed by atoms with van der Waals surface area (Å²) in [6, 6.07) is 9.37. The third-order valence-corrected chi connectivity index (χ3v) is 3.56. The normalized spacial score (nSPS) is 29.9. The van der Waals surface area contributed by atoms with Gasteiger partial charge in [0.25, 0.3) is 0 Å². The summed E-state index contributed by atoms with van der Waals surface area (Å²) >= 11 is 0. The fourth-order valence-electron chi connectivity index (χ4n) is 2.51. The van der Waals surface area contributed by atoms with E-state index in [4.69, 9.17) is 4.74 Å². The van der Waals surface area contributed by atoms with E-state index in [-0.39, 0.29) is 0 Å². The number of nitrogens with zero attached hydrogens (tertiary/aromatic N) is 1. The number of epoxide rings is 1. The number of benzene rings is 1. The first-order valence-corrected chi connectivity index (χ1v) is 5.78. The van der Waals surface area contributed by atoms with Crippen molar-refractivity contribution in [2.45, 2.75) is 25.5 Å². The lowest BCUT2D eigenvalue weighted by Crippen LogP contribution is -2.36. The average Bonchev–Trinajstić information content (AvgIpc) is 3.07. The highest BCUT2D eigenvalue weighted by Gasteiger charge is 2.30. The molecule has 3 rings (SSSR count). The van der Waals surface area contributed by atoms with Crippen LogP contribution in [0.15, 0.2) is 24.3 Å². The molecule has 0 saturated carbocycles. The van der Waals surface area contributed by atoms with Crippen LogP contribution in [0.2, 0.25) is 0 Å². The van der Waals surface area contributed by atoms with E-state index in [1.54, 1.807) is 0 Å². The second kappa shape index (κ2) is 3.62. The lowest BCUT2D eigenvalue weighted by Gasteiger charge is -2.34. The monoisotopic (exact) mass is 203 g/mol. The van der Waals surface area contributed by atoms with Crippen LogP contribution in [-0.4, -0.2) is 30.7 Å². The van der Waals surface area contributed by atoms with Gasteiger partial charge < -0.3 is 4.74 Å². The molecule has 2 nitrogen and oxygen atoms in total. The van der Waals surface area contributed by atoms with Gasteiger partial charge in [-0.05, 0) is 24.5 Å². The zero-order valence-electron chi connectivity index (χ0n) is 9.15. The maximum absolute atomic E-state index is 5.31. The van der Waals surface area contributed by atoms with Crippen LogP contribution in [0.4, 0.5) is 0 Å². The standard InChI is InChI=1S/C13H17NO/c1-10-13-5-3-2-4-11(13)6-7-14(10)8-12-9-15-12/h2-5,10,12H,6-9H2,1H3/t10?,12-/m1/s1. The van der Waals surface area contributed by atoms with Crippen molar-refractivity contribution in [1.82, 2.24) is 4.90 Å². The number of ether oxygens (including phenoxy) is 1. The second-order valence-electron chi connectivity index (χ2n) is 4.58. The van der Waals surface area contributed by atoms with Crippen molar-refractivity contribution in [2.75, 3.05) is 19.7 Å². The Kier molecular flexibility index (Phi) is 2.26. The van der Waals surface area contributed by atoms with Crippen molar-refractivity contribution in [3.05, 3.63) is 35.4 Å². The highest BCUT2D eigenvalue weighted by atomic mass is 16.6. The number of hydrogen-bond acceptors (Lipinski definition) is 2. The zero-order valence-corrected chi connectivity index (χ0v) is 9.15. The molecule has 0 aliphatic carbocycles. The van der Waals surface area contributed by atoms with Gasteiger partial charge in [-0.15, -0.1) is 0 Å². The molecular formula is C13H17NO. The first-order chi connectivity index (χ1) is 7.34. The molecule has 0 aromatic heterocycles. The predicted octanol–water partition coefficient (Wildman–Crippen LogP) is 2.00. The van der Waals surface area contributed by atoms with E-state index in [2.05, 4.69) is 36.1 Å². The Morgan fingerprint density at radius 3 is 3.00 bits per heavy atom. The van der Waals surface area contributed by atoms with Crippen molar-refractivity contribution in [3.63, 3.8) is 0 Å². The minimum absolute atomic E-state index is 0.512. The molecule has 15 heavy (non-hydrogen) atoms. The van der Waals surface area contributed by atoms with Gasteiger partial charge in [-0.1, -0.05) is 24.3 Å². The molecule has 2 heteroatoms. The average molecular weight is 203 g/mol. The summed E-state index contributed by atoms with van der Waals surface area (Å²) in [6.07, 6.45) is 1.70. The Hall–Kier alpha value is -0.860. The van der Waals surface area contributed by atoms with Crippen molar-refractivity contribution >= 4 is 0 Å². The largest absolute Gasteiger partial charge is 0.372 e. The highest BCUT2D eigenvalue weighted by molar-refractivity contribution is 5.32. The quantitative estimate of drug-likeness (QED) is 0.683. The highest BCUT2D eigenvalue weighted by Crippen LogP contribution is 2.30. The van der Waals surface area contributed by atoms with Gasteiger partial charge in [0.2, 0.25) is 0 Å². The molecule has 2 aliphatic heterocycles. The van der Waals surface area contributed by atoms with Crippen LogP contribution in [0.5, 0.6) is 0 Å². The van der Waals surface area contributed by atoms with Gasteiger partial charge in [-0.3, -0.25) is 4.90 Å². The van der Waals surface area contributed by atoms with Crippen LogP contribution >= 0.6 is 0 Å². The van der Waals surface area contributed by atoms with Gasteiger partial charge in [0, 0.05) is 19.1 Å². The third-order valence-electron chi connectivity index (χ3n) is 3.56. The molecular weight excluding hydrogens is 186 g/mol. The van der Waals surface area contributed by atoms with E-state index >= 15 is 0 Å². The fraction of sp³-hybridized carbons (Fsp3) is 0.538. The van der Waals surface area contributed by atoms with Gasteiger partial charge in [-0.2, -0.15) is 0 Å². The summed E-state index contributed by atoms with van der Waals surface area (Å²) in [5.41, 5.74) is 3.03. The molecule has 2 aliphatic rings. The number of rotatable bonds is 2. The lowest BCUT2D eigenvalue weighted by molar-refractivity contribution is 0.179. The molecule has 1 unspecified atom stereocenters. The first-order valence-electron chi connectivity index (χ1n) is 5.78. The molecule has 1 fully saturated rings. The van der Waals surface area contributed by atoms with Crippen molar-refractivity contribution in [1.29, 1.82) is 0 Å². The number of fused-ring (bicyclic) bond motifs is 1. The Balaban J connectivity index is 1.81. The molecule has 0 spiro atoms. The van der Waals surface area contributed by atoms with E-state index in [0.717, 1.165) is 13.2 Å². The number of hydrogen-bond donors (Lipinski definition) is 0. The van der Waals surface area contributed by atoms with E-state index in [1.165, 1.54) is 24.1 Å². The summed E-state index contributed by atoms with van der Waals surface area (Å²) in [7, 11) is 0. The first kappa shape index (κ1) is 9.37. The van der Waals surface area contributed by atoms with Crippen molar-refractivity contribution < 1.29 is 4.74 Å². The van der Waals surface area contributed by atoms with Crippen LogP contribution < -0.4 is 0 Å². The smallest absolute Gasteiger partial charge is 0.0936 e. The molecule has 2 atom stereocenters. The van der Waals surface area contributed by atoms with E-state index in [9.17, 15) is 0 Å². The third kappa shape index (κ3) is 1.80. The maximum atomic E-state index is 5.31. The fourth-order valence-corrected chi connectivity index (χ4v) is 2.51. The molecule has 80 valence electrons. The van der Waals surface area contributed by atoms with E-state index in [1.807, 2.05) is 0 Å². The summed E-state index contributed by atoms with van der Waals surface area (Å²) in [5.74, 6) is 0. The Morgan fingerprint density at radius 2 is 2.20 bits per heavy atom. The second-order valence-corrected chi connectivity index (χ2v) is 4.58. The summed E-state index contributed by atoms with van der Waals surface area (Å²) < 4.78 is 5.31. The van der Waals surface area contributed by atoms with Crippen molar-refractivity contribution in [2.24, 2.45) is 0 Å². The van der Waals surface area contributed by atoms with E-state index < -0.39 is 0 Å².